The van der Waals surface area contributed by atoms with Crippen molar-refractivity contribution >= 4 is 17.6 Å². The molecule has 2 aromatic rings. The molecule has 0 saturated carbocycles. The molecule has 3 N–H and O–H groups in total. The monoisotopic (exact) mass is 372 g/mol. The number of aromatic nitrogens is 2. The molecular weight excluding hydrogens is 356 g/mol. The van der Waals surface area contributed by atoms with E-state index in [0.29, 0.717) is 5.06 Å². The predicted molar refractivity (Wildman–Crippen MR) is 90.3 cm³/mol. The number of aliphatic hydroxyl groups excluding tert-OH is 1. The maximum absolute atomic E-state index is 12.4. The summed E-state index contributed by atoms with van der Waals surface area (Å²) in [5.74, 6) is -1.09. The summed E-state index contributed by atoms with van der Waals surface area (Å²) in [6.07, 6.45) is -0.864. The van der Waals surface area contributed by atoms with Crippen molar-refractivity contribution in [3.63, 3.8) is 0 Å². The Morgan fingerprint density at radius 2 is 1.85 bits per heavy atom. The van der Waals surface area contributed by atoms with Gasteiger partial charge < -0.3 is 15.6 Å². The highest BCUT2D eigenvalue weighted by molar-refractivity contribution is 6.20. The quantitative estimate of drug-likeness (QED) is 0.698. The van der Waals surface area contributed by atoms with Gasteiger partial charge in [-0.15, -0.1) is 5.06 Å². The highest BCUT2D eigenvalue weighted by atomic mass is 16.7. The number of amides is 2. The summed E-state index contributed by atoms with van der Waals surface area (Å²) in [6.45, 7) is -0.415. The number of ether oxygens (including phenoxy) is 1. The second kappa shape index (κ2) is 6.58. The number of carbonyl (C=O) groups excluding carboxylic acids is 2. The molecule has 1 aromatic carbocycles. The van der Waals surface area contributed by atoms with E-state index in [9.17, 15) is 19.5 Å². The second-order valence-electron chi connectivity index (χ2n) is 6.18. The summed E-state index contributed by atoms with van der Waals surface area (Å²) in [4.78, 5) is 46.1. The molecule has 2 aliphatic rings. The van der Waals surface area contributed by atoms with E-state index in [0.717, 1.165) is 0 Å². The van der Waals surface area contributed by atoms with Crippen molar-refractivity contribution in [2.75, 3.05) is 12.3 Å². The second-order valence-corrected chi connectivity index (χ2v) is 6.18. The van der Waals surface area contributed by atoms with E-state index in [-0.39, 0.29) is 23.4 Å². The van der Waals surface area contributed by atoms with Crippen LogP contribution < -0.4 is 11.4 Å². The van der Waals surface area contributed by atoms with E-state index in [2.05, 4.69) is 4.98 Å². The lowest BCUT2D eigenvalue weighted by Gasteiger charge is -2.21. The minimum absolute atomic E-state index is 0.0757. The molecule has 10 heteroatoms. The molecule has 140 valence electrons. The number of nitrogens with two attached hydrogens (primary N) is 1. The molecule has 0 spiro atoms. The van der Waals surface area contributed by atoms with Crippen LogP contribution in [0.5, 0.6) is 0 Å². The lowest BCUT2D eigenvalue weighted by Crippen LogP contribution is -2.39. The topological polar surface area (TPSA) is 137 Å². The summed E-state index contributed by atoms with van der Waals surface area (Å²) >= 11 is 0. The fourth-order valence-corrected chi connectivity index (χ4v) is 3.19. The molecule has 3 heterocycles. The summed E-state index contributed by atoms with van der Waals surface area (Å²) in [5, 5.41) is 10.3. The molecule has 27 heavy (non-hydrogen) atoms. The van der Waals surface area contributed by atoms with Crippen LogP contribution in [0.2, 0.25) is 0 Å². The molecule has 0 radical (unpaired) electrons. The van der Waals surface area contributed by atoms with Gasteiger partial charge in [0.15, 0.2) is 0 Å². The number of hydrogen-bond donors (Lipinski definition) is 2. The van der Waals surface area contributed by atoms with Gasteiger partial charge in [-0.2, -0.15) is 4.98 Å². The summed E-state index contributed by atoms with van der Waals surface area (Å²) < 4.78 is 6.86. The van der Waals surface area contributed by atoms with Gasteiger partial charge in [0.2, 0.25) is 0 Å². The number of imide groups is 1. The van der Waals surface area contributed by atoms with Crippen LogP contribution in [-0.4, -0.2) is 50.3 Å². The van der Waals surface area contributed by atoms with Crippen molar-refractivity contribution < 1.29 is 24.3 Å². The SMILES string of the molecule is Nc1ccn([C@H]2CC(ON3C(=O)c4ccccc4C3=O)[C@@H](CO)O2)c(=O)n1. The first-order valence-electron chi connectivity index (χ1n) is 8.25. The molecule has 3 atom stereocenters. The largest absolute Gasteiger partial charge is 0.394 e. The Morgan fingerprint density at radius 1 is 1.19 bits per heavy atom. The van der Waals surface area contributed by atoms with Crippen molar-refractivity contribution in [1.29, 1.82) is 0 Å². The van der Waals surface area contributed by atoms with Crippen LogP contribution in [0.4, 0.5) is 5.82 Å². The number of fused-ring (bicyclic) bond motifs is 1. The molecule has 1 aromatic heterocycles. The van der Waals surface area contributed by atoms with E-state index in [4.69, 9.17) is 15.3 Å². The fraction of sp³-hybridized carbons (Fsp3) is 0.294. The summed E-state index contributed by atoms with van der Waals surface area (Å²) in [7, 11) is 0. The van der Waals surface area contributed by atoms with Crippen LogP contribution >= 0.6 is 0 Å². The zero-order valence-corrected chi connectivity index (χ0v) is 14.0. The fourth-order valence-electron chi connectivity index (χ4n) is 3.19. The Hall–Kier alpha value is -3.08. The van der Waals surface area contributed by atoms with Crippen molar-refractivity contribution in [3.05, 3.63) is 58.1 Å². The highest BCUT2D eigenvalue weighted by Gasteiger charge is 2.44. The smallest absolute Gasteiger partial charge is 0.351 e. The van der Waals surface area contributed by atoms with Gasteiger partial charge in [0.1, 0.15) is 24.3 Å². The van der Waals surface area contributed by atoms with E-state index in [1.807, 2.05) is 0 Å². The maximum atomic E-state index is 12.4. The van der Waals surface area contributed by atoms with Gasteiger partial charge in [0.05, 0.1) is 17.7 Å². The number of hydroxylamine groups is 2. The molecule has 0 aliphatic carbocycles. The first kappa shape index (κ1) is 17.3. The molecule has 2 aliphatic heterocycles. The third-order valence-electron chi connectivity index (χ3n) is 4.52. The predicted octanol–water partition coefficient (Wildman–Crippen LogP) is -0.298. The molecule has 4 rings (SSSR count). The number of aliphatic hydroxyl groups is 1. The molecule has 1 unspecified atom stereocenters. The standard InChI is InChI=1S/C17H16N4O6/c18-13-5-6-20(17(25)19-13)14-7-11(12(8-22)26-14)27-21-15(23)9-3-1-2-4-10(9)16(21)24/h1-6,11-12,14,22H,7-8H2,(H2,18,19,25)/t11?,12-,14-/m1/s1. The summed E-state index contributed by atoms with van der Waals surface area (Å²) in [6, 6.07) is 7.82. The van der Waals surface area contributed by atoms with Crippen LogP contribution in [-0.2, 0) is 9.57 Å². The van der Waals surface area contributed by atoms with Gasteiger partial charge in [0.25, 0.3) is 11.8 Å². The third-order valence-corrected chi connectivity index (χ3v) is 4.52. The van der Waals surface area contributed by atoms with Crippen LogP contribution in [0.3, 0.4) is 0 Å². The number of carbonyl (C=O) groups is 2. The Bertz CT molecular complexity index is 939. The van der Waals surface area contributed by atoms with E-state index in [1.165, 1.54) is 29.0 Å². The van der Waals surface area contributed by atoms with Gasteiger partial charge in [-0.1, -0.05) is 12.1 Å². The van der Waals surface area contributed by atoms with Crippen molar-refractivity contribution in [3.8, 4) is 0 Å². The Balaban J connectivity index is 1.55. The first-order chi connectivity index (χ1) is 13.0. The lowest BCUT2D eigenvalue weighted by molar-refractivity contribution is -0.155. The maximum Gasteiger partial charge on any atom is 0.351 e. The van der Waals surface area contributed by atoms with Gasteiger partial charge in [-0.3, -0.25) is 19.0 Å². The van der Waals surface area contributed by atoms with Gasteiger partial charge in [0, 0.05) is 12.6 Å². The average Bonchev–Trinajstić information content (AvgIpc) is 3.17. The average molecular weight is 372 g/mol. The minimum Gasteiger partial charge on any atom is -0.394 e. The van der Waals surface area contributed by atoms with Crippen LogP contribution in [0.1, 0.15) is 33.4 Å². The van der Waals surface area contributed by atoms with Crippen molar-refractivity contribution in [2.45, 2.75) is 24.9 Å². The van der Waals surface area contributed by atoms with E-state index >= 15 is 0 Å². The van der Waals surface area contributed by atoms with Crippen molar-refractivity contribution in [2.24, 2.45) is 0 Å². The number of benzene rings is 1. The van der Waals surface area contributed by atoms with Crippen LogP contribution in [0.25, 0.3) is 0 Å². The van der Waals surface area contributed by atoms with Gasteiger partial charge in [-0.05, 0) is 18.2 Å². The third kappa shape index (κ3) is 2.89. The van der Waals surface area contributed by atoms with Crippen LogP contribution in [0.15, 0.2) is 41.3 Å². The molecule has 1 saturated heterocycles. The molecule has 10 nitrogen and oxygen atoms in total. The number of hydrogen-bond acceptors (Lipinski definition) is 8. The molecular formula is C17H16N4O6. The summed E-state index contributed by atoms with van der Waals surface area (Å²) in [5.41, 5.74) is 5.36. The number of anilines is 1. The zero-order chi connectivity index (χ0) is 19.1. The zero-order valence-electron chi connectivity index (χ0n) is 14.0. The van der Waals surface area contributed by atoms with Gasteiger partial charge >= 0.3 is 5.69 Å². The molecule has 2 amide bonds. The Morgan fingerprint density at radius 3 is 2.44 bits per heavy atom. The van der Waals surface area contributed by atoms with E-state index in [1.54, 1.807) is 12.1 Å². The highest BCUT2D eigenvalue weighted by Crippen LogP contribution is 2.32. The molecule has 1 fully saturated rings. The van der Waals surface area contributed by atoms with Crippen LogP contribution in [0, 0.1) is 0 Å². The van der Waals surface area contributed by atoms with E-state index < -0.39 is 42.5 Å². The Labute approximate surface area is 152 Å². The lowest BCUT2D eigenvalue weighted by atomic mass is 10.1. The minimum atomic E-state index is -0.830. The number of rotatable bonds is 4. The number of nitrogen functional groups attached to an aromatic ring is 1. The Kier molecular flexibility index (Phi) is 4.22. The molecule has 0 bridgehead atoms. The van der Waals surface area contributed by atoms with Gasteiger partial charge in [-0.25, -0.2) is 4.79 Å². The normalized spacial score (nSPS) is 24.5. The van der Waals surface area contributed by atoms with Crippen molar-refractivity contribution in [1.82, 2.24) is 14.6 Å². The first-order valence-corrected chi connectivity index (χ1v) is 8.25. The number of nitrogens with zero attached hydrogens (tertiary/aromatic N) is 3.